The number of hydrogen-bond donors (Lipinski definition) is 6. The van der Waals surface area contributed by atoms with Crippen LogP contribution in [0.1, 0.15) is 72.3 Å². The molecule has 330 valence electrons. The number of nitrogens with zero attached hydrogens (tertiary/aromatic N) is 2. The number of esters is 1. The zero-order chi connectivity index (χ0) is 44.7. The molecule has 2 heterocycles. The molecule has 6 N–H and O–H groups in total. The van der Waals surface area contributed by atoms with Gasteiger partial charge in [0.05, 0.1) is 25.2 Å². The Morgan fingerprint density at radius 2 is 1.80 bits per heavy atom. The van der Waals surface area contributed by atoms with Gasteiger partial charge in [-0.2, -0.15) is 0 Å². The van der Waals surface area contributed by atoms with E-state index in [2.05, 4.69) is 16.1 Å². The number of allylic oxidation sites excluding steroid dienone is 4. The molecule has 1 unspecified atom stereocenters. The first-order valence-electron chi connectivity index (χ1n) is 20.1. The average Bonchev–Trinajstić information content (AvgIpc) is 3.19. The van der Waals surface area contributed by atoms with E-state index >= 15 is 0 Å². The quantitative estimate of drug-likeness (QED) is 0.0866. The van der Waals surface area contributed by atoms with E-state index < -0.39 is 95.4 Å². The van der Waals surface area contributed by atoms with E-state index in [4.69, 9.17) is 9.57 Å². The molecule has 3 rings (SSSR count). The van der Waals surface area contributed by atoms with Crippen LogP contribution in [-0.2, 0) is 44.8 Å². The van der Waals surface area contributed by atoms with E-state index in [-0.39, 0.29) is 50.0 Å². The Morgan fingerprint density at radius 3 is 2.45 bits per heavy atom. The fourth-order valence-electron chi connectivity index (χ4n) is 6.70. The summed E-state index contributed by atoms with van der Waals surface area (Å²) in [6.07, 6.45) is 7.41. The Morgan fingerprint density at radius 1 is 1.08 bits per heavy atom. The first kappa shape index (κ1) is 49.1. The molecule has 1 aromatic carbocycles. The first-order chi connectivity index (χ1) is 28.3. The van der Waals surface area contributed by atoms with Gasteiger partial charge in [-0.05, 0) is 62.3 Å². The summed E-state index contributed by atoms with van der Waals surface area (Å²) in [5, 5.41) is 40.2. The van der Waals surface area contributed by atoms with Gasteiger partial charge in [-0.3, -0.25) is 33.8 Å². The number of hydrogen-bond acceptors (Lipinski definition) is 12. The number of carbonyl (C=O) groups excluding carboxylic acids is 6. The third kappa shape index (κ3) is 14.8. The number of hydrazine groups is 1. The monoisotopic (exact) mass is 841 g/mol. The number of halogens is 1. The second-order valence-corrected chi connectivity index (χ2v) is 15.6. The fourth-order valence-corrected chi connectivity index (χ4v) is 6.70. The number of hydroxylamine groups is 2. The highest BCUT2D eigenvalue weighted by Crippen LogP contribution is 2.24. The van der Waals surface area contributed by atoms with Crippen molar-refractivity contribution < 1.29 is 58.1 Å². The van der Waals surface area contributed by atoms with Crippen molar-refractivity contribution in [1.82, 2.24) is 26.1 Å². The lowest BCUT2D eigenvalue weighted by atomic mass is 9.84. The molecule has 1 fully saturated rings. The molecule has 4 amide bonds. The van der Waals surface area contributed by atoms with Crippen molar-refractivity contribution in [3.8, 4) is 5.75 Å². The van der Waals surface area contributed by atoms with Crippen molar-refractivity contribution in [3.63, 3.8) is 0 Å². The predicted molar refractivity (Wildman–Crippen MR) is 218 cm³/mol. The molecular formula is C43H60FN5O11. The summed E-state index contributed by atoms with van der Waals surface area (Å²) < 4.78 is 20.4. The topological polar surface area (TPSA) is 224 Å². The predicted octanol–water partition coefficient (Wildman–Crippen LogP) is 2.49. The van der Waals surface area contributed by atoms with Crippen LogP contribution in [0.5, 0.6) is 5.75 Å². The van der Waals surface area contributed by atoms with Crippen molar-refractivity contribution in [2.45, 2.75) is 110 Å². The second kappa shape index (κ2) is 23.5. The second-order valence-electron chi connectivity index (χ2n) is 15.6. The third-order valence-corrected chi connectivity index (χ3v) is 10.5. The normalized spacial score (nSPS) is 27.9. The lowest BCUT2D eigenvalue weighted by molar-refractivity contribution is -0.162. The van der Waals surface area contributed by atoms with Gasteiger partial charge in [0, 0.05) is 50.9 Å². The number of fused-ring (bicyclic) bond motifs is 2. The SMILES string of the molecule is CON(C)C(=O)/C=C/C=C(\C)[C@@H]1C/C=C/C=C/[C@H](O)[C@H](C)[C@@H](O)[C@@H](CCC(C)=O)C(=O)N[C@@H](C(C)C)C(=O)N[C@@H](Cc2cc(O)cc(F)c2)C(=O)N2CCCC(N2)C(=O)O1. The molecule has 8 atom stereocenters. The van der Waals surface area contributed by atoms with Gasteiger partial charge in [0.15, 0.2) is 0 Å². The minimum atomic E-state index is -1.46. The molecule has 0 aromatic heterocycles. The number of likely N-dealkylation sites (N-methyl/N-ethyl adjacent to an activating group) is 1. The Balaban J connectivity index is 2.09. The van der Waals surface area contributed by atoms with Crippen molar-refractivity contribution >= 4 is 35.4 Å². The largest absolute Gasteiger partial charge is 0.508 e. The lowest BCUT2D eigenvalue weighted by Crippen LogP contribution is -2.62. The molecule has 0 aliphatic carbocycles. The van der Waals surface area contributed by atoms with Crippen molar-refractivity contribution in [1.29, 1.82) is 0 Å². The molecule has 2 bridgehead atoms. The zero-order valence-corrected chi connectivity index (χ0v) is 35.3. The van der Waals surface area contributed by atoms with Crippen LogP contribution in [-0.4, -0.2) is 118 Å². The summed E-state index contributed by atoms with van der Waals surface area (Å²) in [5.74, 6) is -7.48. The Hall–Kier alpha value is -5.23. The number of nitrogens with one attached hydrogen (secondary N) is 3. The number of Topliss-reactive ketones (excluding diaryl/α,β-unsaturated/α-hetero) is 1. The molecule has 60 heavy (non-hydrogen) atoms. The number of amides is 4. The number of benzene rings is 1. The van der Waals surface area contributed by atoms with Crippen molar-refractivity contribution in [2.75, 3.05) is 20.7 Å². The molecule has 17 heteroatoms. The van der Waals surface area contributed by atoms with Crippen LogP contribution in [0, 0.1) is 23.6 Å². The summed E-state index contributed by atoms with van der Waals surface area (Å²) >= 11 is 0. The first-order valence-corrected chi connectivity index (χ1v) is 20.1. The number of rotatable bonds is 10. The van der Waals surface area contributed by atoms with Gasteiger partial charge in [-0.1, -0.05) is 57.2 Å². The summed E-state index contributed by atoms with van der Waals surface area (Å²) in [7, 11) is 2.79. The van der Waals surface area contributed by atoms with E-state index in [0.717, 1.165) is 17.2 Å². The molecule has 2 aliphatic rings. The standard InChI is InChI=1S/C43H60FN5O11/c1-25(2)38-41(56)45-34(23-29-21-30(44)24-31(51)22-29)42(57)49-20-12-14-33(47-49)43(58)60-36(26(3)13-11-17-37(53)48(6)59-7)16-10-8-9-15-35(52)28(5)39(54)32(40(55)46-38)19-18-27(4)50/h8-11,13,15,17,21-22,24-25,28,32-36,38-39,47,51-52,54H,12,14,16,18-20,23H2,1-7H3,(H,45,56)(H,46,55)/b10-8+,15-9+,17-11+,26-13+/t28-,32+,33?,34-,35-,36-,38-,39+/m0/s1. The van der Waals surface area contributed by atoms with Gasteiger partial charge < -0.3 is 35.5 Å². The molecule has 0 saturated carbocycles. The zero-order valence-electron chi connectivity index (χ0n) is 35.3. The van der Waals surface area contributed by atoms with Gasteiger partial charge in [-0.25, -0.2) is 14.9 Å². The summed E-state index contributed by atoms with van der Waals surface area (Å²) in [6.45, 7) is 8.02. The van der Waals surface area contributed by atoms with E-state index in [1.807, 2.05) is 0 Å². The molecular weight excluding hydrogens is 781 g/mol. The van der Waals surface area contributed by atoms with E-state index in [9.17, 15) is 48.5 Å². The van der Waals surface area contributed by atoms with Crippen molar-refractivity contribution in [2.24, 2.45) is 17.8 Å². The van der Waals surface area contributed by atoms with Crippen LogP contribution >= 0.6 is 0 Å². The average molecular weight is 842 g/mol. The molecule has 1 aromatic rings. The smallest absolute Gasteiger partial charge is 0.325 e. The molecule has 2 aliphatic heterocycles. The summed E-state index contributed by atoms with van der Waals surface area (Å²) in [6, 6.07) is -0.427. The van der Waals surface area contributed by atoms with Gasteiger partial charge in [-0.15, -0.1) is 0 Å². The lowest BCUT2D eigenvalue weighted by Gasteiger charge is -2.36. The third-order valence-electron chi connectivity index (χ3n) is 10.5. The number of cyclic esters (lactones) is 1. The number of phenols is 1. The van der Waals surface area contributed by atoms with Gasteiger partial charge in [0.1, 0.15) is 41.6 Å². The van der Waals surface area contributed by atoms with Gasteiger partial charge in [0.2, 0.25) is 11.8 Å². The number of carbonyl (C=O) groups is 6. The van der Waals surface area contributed by atoms with Crippen molar-refractivity contribution in [3.05, 3.63) is 77.7 Å². The van der Waals surface area contributed by atoms with E-state index in [0.29, 0.717) is 12.0 Å². The van der Waals surface area contributed by atoms with Crippen LogP contribution in [0.3, 0.4) is 0 Å². The number of aromatic hydroxyl groups is 1. The maximum absolute atomic E-state index is 14.4. The van der Waals surface area contributed by atoms with Crippen LogP contribution in [0.25, 0.3) is 0 Å². The number of ether oxygens (including phenoxy) is 1. The molecule has 0 radical (unpaired) electrons. The number of aliphatic hydroxyl groups is 2. The highest BCUT2D eigenvalue weighted by molar-refractivity contribution is 5.93. The summed E-state index contributed by atoms with van der Waals surface area (Å²) in [4.78, 5) is 85.1. The maximum atomic E-state index is 14.4. The molecule has 1 saturated heterocycles. The molecule has 0 spiro atoms. The highest BCUT2D eigenvalue weighted by Gasteiger charge is 2.38. The Bertz CT molecular complexity index is 1790. The minimum absolute atomic E-state index is 0.0636. The van der Waals surface area contributed by atoms with E-state index in [1.54, 1.807) is 39.0 Å². The van der Waals surface area contributed by atoms with Crippen LogP contribution in [0.2, 0.25) is 0 Å². The number of aliphatic hydroxyl groups excluding tert-OH is 2. The van der Waals surface area contributed by atoms with Crippen LogP contribution in [0.4, 0.5) is 4.39 Å². The maximum Gasteiger partial charge on any atom is 0.325 e. The van der Waals surface area contributed by atoms with Gasteiger partial charge in [0.25, 0.3) is 11.8 Å². The van der Waals surface area contributed by atoms with Gasteiger partial charge >= 0.3 is 5.97 Å². The van der Waals surface area contributed by atoms with Crippen LogP contribution in [0.15, 0.2) is 66.3 Å². The summed E-state index contributed by atoms with van der Waals surface area (Å²) in [5.41, 5.74) is 3.65. The Kier molecular flexibility index (Phi) is 19.3. The number of ketones is 1. The molecule has 16 nitrogen and oxygen atoms in total. The van der Waals surface area contributed by atoms with E-state index in [1.165, 1.54) is 63.4 Å². The Labute approximate surface area is 350 Å². The highest BCUT2D eigenvalue weighted by atomic mass is 19.1. The fraction of sp³-hybridized carbons (Fsp3) is 0.535. The number of phenolic OH excluding ortho intramolecular Hbond substituents is 1. The minimum Gasteiger partial charge on any atom is -0.508 e. The van der Waals surface area contributed by atoms with Crippen LogP contribution < -0.4 is 16.1 Å².